The number of fused-ring (bicyclic) bond motifs is 1. The van der Waals surface area contributed by atoms with E-state index in [2.05, 4.69) is 21.6 Å². The Bertz CT molecular complexity index is 1110. The summed E-state index contributed by atoms with van der Waals surface area (Å²) in [5.41, 5.74) is 2.36. The van der Waals surface area contributed by atoms with Crippen LogP contribution in [0.2, 0.25) is 0 Å². The molecule has 0 aliphatic heterocycles. The predicted octanol–water partition coefficient (Wildman–Crippen LogP) is 5.38. The van der Waals surface area contributed by atoms with E-state index in [1.54, 1.807) is 13.1 Å². The van der Waals surface area contributed by atoms with Gasteiger partial charge in [-0.05, 0) is 55.3 Å². The zero-order valence-corrected chi connectivity index (χ0v) is 17.4. The normalized spacial score (nSPS) is 11.0. The van der Waals surface area contributed by atoms with Crippen molar-refractivity contribution in [3.05, 3.63) is 59.8 Å². The summed E-state index contributed by atoms with van der Waals surface area (Å²) >= 11 is 0. The van der Waals surface area contributed by atoms with Crippen LogP contribution in [0, 0.1) is 11.8 Å². The number of aromatic nitrogens is 1. The van der Waals surface area contributed by atoms with E-state index in [1.165, 1.54) is 24.3 Å². The Balaban J connectivity index is 1.45. The third-order valence-electron chi connectivity index (χ3n) is 4.41. The van der Waals surface area contributed by atoms with Crippen LogP contribution in [-0.4, -0.2) is 30.5 Å². The van der Waals surface area contributed by atoms with Gasteiger partial charge in [-0.25, -0.2) is 0 Å². The van der Waals surface area contributed by atoms with Crippen molar-refractivity contribution in [2.75, 3.05) is 13.2 Å². The van der Waals surface area contributed by atoms with E-state index in [9.17, 15) is 18.0 Å². The maximum absolute atomic E-state index is 12.2. The van der Waals surface area contributed by atoms with Crippen LogP contribution < -0.4 is 9.47 Å². The summed E-state index contributed by atoms with van der Waals surface area (Å²) in [6.07, 6.45) is -1.43. The topological polar surface area (TPSA) is 60.6 Å². The summed E-state index contributed by atoms with van der Waals surface area (Å²) in [5, 5.41) is 0.947. The van der Waals surface area contributed by atoms with Crippen LogP contribution in [0.3, 0.4) is 0 Å². The number of halogens is 3. The summed E-state index contributed by atoms with van der Waals surface area (Å²) in [7, 11) is 0. The monoisotopic (exact) mass is 445 g/mol. The number of benzene rings is 2. The van der Waals surface area contributed by atoms with Gasteiger partial charge in [0.25, 0.3) is 0 Å². The van der Waals surface area contributed by atoms with Crippen LogP contribution in [0.5, 0.6) is 11.5 Å². The fourth-order valence-electron chi connectivity index (χ4n) is 3.02. The minimum atomic E-state index is -4.70. The number of alkyl halides is 3. The Kier molecular flexibility index (Phi) is 7.66. The lowest BCUT2D eigenvalue weighted by atomic mass is 10.1. The molecule has 3 aromatic rings. The number of unbranched alkanes of at least 4 members (excludes halogenated alkanes) is 1. The first-order valence-corrected chi connectivity index (χ1v) is 10.1. The maximum Gasteiger partial charge on any atom is 0.573 e. The smallest absolute Gasteiger partial charge is 0.493 e. The number of aromatic amines is 1. The standard InChI is InChI=1S/C24H22F3NO4/c1-2-30-23(29)14-18-16-28-22-15-20(11-12-21(18)22)31-13-5-3-4-6-17-7-9-19(10-8-17)32-24(25,26)27/h7-12,15-16,28H,2-3,5,13-14H2,1H3. The third-order valence-corrected chi connectivity index (χ3v) is 4.41. The predicted molar refractivity (Wildman–Crippen MR) is 113 cm³/mol. The number of carbonyl (C=O) groups excluding carboxylic acids is 1. The van der Waals surface area contributed by atoms with Gasteiger partial charge in [0, 0.05) is 35.2 Å². The molecule has 5 nitrogen and oxygen atoms in total. The van der Waals surface area contributed by atoms with Gasteiger partial charge in [0.2, 0.25) is 0 Å². The summed E-state index contributed by atoms with van der Waals surface area (Å²) in [6.45, 7) is 2.60. The summed E-state index contributed by atoms with van der Waals surface area (Å²) in [4.78, 5) is 14.8. The molecule has 0 bridgehead atoms. The average Bonchev–Trinajstić information content (AvgIpc) is 3.12. The lowest BCUT2D eigenvalue weighted by Gasteiger charge is -2.08. The molecule has 2 aromatic carbocycles. The molecular weight excluding hydrogens is 423 g/mol. The molecular formula is C24H22F3NO4. The van der Waals surface area contributed by atoms with Crippen molar-refractivity contribution in [1.29, 1.82) is 0 Å². The first kappa shape index (κ1) is 23.1. The highest BCUT2D eigenvalue weighted by Gasteiger charge is 2.30. The Hall–Kier alpha value is -3.60. The van der Waals surface area contributed by atoms with Gasteiger partial charge in [-0.1, -0.05) is 11.8 Å². The molecule has 0 amide bonds. The molecule has 0 fully saturated rings. The minimum Gasteiger partial charge on any atom is -0.493 e. The number of esters is 1. The first-order valence-electron chi connectivity index (χ1n) is 10.1. The van der Waals surface area contributed by atoms with Crippen molar-refractivity contribution in [2.45, 2.75) is 32.5 Å². The second-order valence-corrected chi connectivity index (χ2v) is 6.83. The SMILES string of the molecule is CCOC(=O)Cc1c[nH]c2cc(OCCCC#Cc3ccc(OC(F)(F)F)cc3)ccc12. The van der Waals surface area contributed by atoms with E-state index in [-0.39, 0.29) is 18.1 Å². The van der Waals surface area contributed by atoms with Crippen molar-refractivity contribution in [3.63, 3.8) is 0 Å². The molecule has 3 rings (SSSR count). The molecule has 1 heterocycles. The summed E-state index contributed by atoms with van der Waals surface area (Å²) < 4.78 is 51.0. The number of H-pyrrole nitrogens is 1. The molecule has 0 atom stereocenters. The highest BCUT2D eigenvalue weighted by Crippen LogP contribution is 2.24. The lowest BCUT2D eigenvalue weighted by molar-refractivity contribution is -0.274. The van der Waals surface area contributed by atoms with Crippen LogP contribution in [0.15, 0.2) is 48.7 Å². The van der Waals surface area contributed by atoms with E-state index >= 15 is 0 Å². The number of hydrogen-bond acceptors (Lipinski definition) is 4. The van der Waals surface area contributed by atoms with E-state index in [0.717, 1.165) is 16.5 Å². The average molecular weight is 445 g/mol. The highest BCUT2D eigenvalue weighted by atomic mass is 19.4. The third kappa shape index (κ3) is 6.98. The van der Waals surface area contributed by atoms with Gasteiger partial charge in [-0.2, -0.15) is 0 Å². The van der Waals surface area contributed by atoms with Gasteiger partial charge in [0.15, 0.2) is 0 Å². The largest absolute Gasteiger partial charge is 0.573 e. The molecule has 1 aromatic heterocycles. The number of rotatable bonds is 8. The van der Waals surface area contributed by atoms with Gasteiger partial charge < -0.3 is 19.2 Å². The molecule has 0 unspecified atom stereocenters. The van der Waals surface area contributed by atoms with E-state index in [1.807, 2.05) is 18.2 Å². The van der Waals surface area contributed by atoms with E-state index in [0.29, 0.717) is 37.4 Å². The number of hydrogen-bond donors (Lipinski definition) is 1. The molecule has 8 heteroatoms. The van der Waals surface area contributed by atoms with Crippen LogP contribution in [0.4, 0.5) is 13.2 Å². The van der Waals surface area contributed by atoms with Crippen LogP contribution in [0.25, 0.3) is 10.9 Å². The van der Waals surface area contributed by atoms with Gasteiger partial charge in [-0.15, -0.1) is 13.2 Å². The fraction of sp³-hybridized carbons (Fsp3) is 0.292. The molecule has 1 N–H and O–H groups in total. The zero-order valence-electron chi connectivity index (χ0n) is 17.4. The molecule has 0 saturated carbocycles. The number of carbonyl (C=O) groups is 1. The fourth-order valence-corrected chi connectivity index (χ4v) is 3.02. The molecule has 168 valence electrons. The van der Waals surface area contributed by atoms with Crippen molar-refractivity contribution in [2.24, 2.45) is 0 Å². The minimum absolute atomic E-state index is 0.213. The molecule has 0 saturated heterocycles. The number of ether oxygens (including phenoxy) is 3. The van der Waals surface area contributed by atoms with E-state index in [4.69, 9.17) is 9.47 Å². The maximum atomic E-state index is 12.2. The molecule has 32 heavy (non-hydrogen) atoms. The lowest BCUT2D eigenvalue weighted by Crippen LogP contribution is -2.16. The Morgan fingerprint density at radius 3 is 2.56 bits per heavy atom. The van der Waals surface area contributed by atoms with Crippen molar-refractivity contribution >= 4 is 16.9 Å². The zero-order chi connectivity index (χ0) is 23.0. The van der Waals surface area contributed by atoms with Gasteiger partial charge in [0.05, 0.1) is 19.6 Å². The second kappa shape index (κ2) is 10.6. The Morgan fingerprint density at radius 2 is 1.84 bits per heavy atom. The quantitative estimate of drug-likeness (QED) is 0.287. The highest BCUT2D eigenvalue weighted by molar-refractivity contribution is 5.88. The summed E-state index contributed by atoms with van der Waals surface area (Å²) in [5.74, 6) is 6.04. The van der Waals surface area contributed by atoms with Gasteiger partial charge >= 0.3 is 12.3 Å². The van der Waals surface area contributed by atoms with Gasteiger partial charge in [0.1, 0.15) is 11.5 Å². The van der Waals surface area contributed by atoms with Gasteiger partial charge in [-0.3, -0.25) is 4.79 Å². The molecule has 0 aliphatic rings. The van der Waals surface area contributed by atoms with Crippen molar-refractivity contribution < 1.29 is 32.2 Å². The van der Waals surface area contributed by atoms with Crippen LogP contribution in [-0.2, 0) is 16.0 Å². The molecule has 0 radical (unpaired) electrons. The summed E-state index contributed by atoms with van der Waals surface area (Å²) in [6, 6.07) is 11.0. The Morgan fingerprint density at radius 1 is 1.09 bits per heavy atom. The number of nitrogens with one attached hydrogen (secondary N) is 1. The van der Waals surface area contributed by atoms with Crippen LogP contribution in [0.1, 0.15) is 30.9 Å². The second-order valence-electron chi connectivity index (χ2n) is 6.83. The van der Waals surface area contributed by atoms with E-state index < -0.39 is 6.36 Å². The first-order chi connectivity index (χ1) is 15.3. The molecule has 0 spiro atoms. The Labute approximate surface area is 183 Å². The van der Waals surface area contributed by atoms with Crippen LogP contribution >= 0.6 is 0 Å². The van der Waals surface area contributed by atoms with Crippen molar-refractivity contribution in [1.82, 2.24) is 4.98 Å². The van der Waals surface area contributed by atoms with Crippen molar-refractivity contribution in [3.8, 4) is 23.3 Å². The molecule has 0 aliphatic carbocycles.